The van der Waals surface area contributed by atoms with Crippen LogP contribution in [0.5, 0.6) is 0 Å². The number of likely N-dealkylation sites (N-methyl/N-ethyl adjacent to an activating group) is 1. The third-order valence-electron chi connectivity index (χ3n) is 3.99. The Balaban J connectivity index is 1.68. The van der Waals surface area contributed by atoms with Crippen molar-refractivity contribution >= 4 is 44.9 Å². The molecule has 3 rings (SSSR count). The second kappa shape index (κ2) is 7.89. The molecule has 1 aromatic heterocycles. The van der Waals surface area contributed by atoms with Crippen molar-refractivity contribution in [3.05, 3.63) is 70.1 Å². The minimum atomic E-state index is -0.891. The number of amides is 1. The van der Waals surface area contributed by atoms with Crippen molar-refractivity contribution in [3.63, 3.8) is 0 Å². The van der Waals surface area contributed by atoms with Gasteiger partial charge in [0.25, 0.3) is 5.91 Å². The van der Waals surface area contributed by atoms with E-state index in [1.807, 2.05) is 54.6 Å². The van der Waals surface area contributed by atoms with Crippen LogP contribution in [0.4, 0.5) is 0 Å². The van der Waals surface area contributed by atoms with Crippen LogP contribution in [0.2, 0.25) is 5.02 Å². The molecule has 0 N–H and O–H groups in total. The highest BCUT2D eigenvalue weighted by atomic mass is 35.5. The molecule has 0 saturated carbocycles. The van der Waals surface area contributed by atoms with Gasteiger partial charge in [-0.05, 0) is 18.6 Å². The molecule has 0 fully saturated rings. The maximum atomic E-state index is 12.5. The van der Waals surface area contributed by atoms with E-state index in [1.165, 1.54) is 11.3 Å². The molecule has 0 bridgehead atoms. The van der Waals surface area contributed by atoms with Crippen LogP contribution in [0.3, 0.4) is 0 Å². The molecule has 4 nitrogen and oxygen atoms in total. The van der Waals surface area contributed by atoms with Crippen molar-refractivity contribution in [2.75, 3.05) is 7.05 Å². The molecular formula is C20H18ClNO3S. The Hall–Kier alpha value is -2.37. The van der Waals surface area contributed by atoms with Crippen LogP contribution in [0.1, 0.15) is 22.2 Å². The zero-order valence-electron chi connectivity index (χ0n) is 14.4. The topological polar surface area (TPSA) is 46.6 Å². The van der Waals surface area contributed by atoms with Crippen molar-refractivity contribution in [1.82, 2.24) is 4.90 Å². The van der Waals surface area contributed by atoms with Crippen LogP contribution in [-0.2, 0) is 16.1 Å². The molecule has 3 aromatic rings. The van der Waals surface area contributed by atoms with E-state index >= 15 is 0 Å². The number of ether oxygens (including phenoxy) is 1. The Kier molecular flexibility index (Phi) is 5.59. The van der Waals surface area contributed by atoms with Crippen molar-refractivity contribution < 1.29 is 14.3 Å². The first-order valence-corrected chi connectivity index (χ1v) is 9.33. The largest absolute Gasteiger partial charge is 0.448 e. The SMILES string of the molecule is C[C@H](OC(=O)c1sc2ccccc2c1Cl)C(=O)N(C)Cc1ccccc1. The summed E-state index contributed by atoms with van der Waals surface area (Å²) in [4.78, 5) is 26.8. The van der Waals surface area contributed by atoms with Crippen LogP contribution in [0.15, 0.2) is 54.6 Å². The minimum absolute atomic E-state index is 0.264. The van der Waals surface area contributed by atoms with E-state index in [-0.39, 0.29) is 5.91 Å². The average molecular weight is 388 g/mol. The number of hydrogen-bond acceptors (Lipinski definition) is 4. The van der Waals surface area contributed by atoms with E-state index in [1.54, 1.807) is 18.9 Å². The number of benzene rings is 2. The van der Waals surface area contributed by atoms with Gasteiger partial charge in [-0.1, -0.05) is 60.1 Å². The summed E-state index contributed by atoms with van der Waals surface area (Å²) in [6.07, 6.45) is -0.891. The van der Waals surface area contributed by atoms with Crippen LogP contribution in [-0.4, -0.2) is 29.9 Å². The summed E-state index contributed by atoms with van der Waals surface area (Å²) in [5.74, 6) is -0.843. The van der Waals surface area contributed by atoms with Gasteiger partial charge in [0.1, 0.15) is 4.88 Å². The highest BCUT2D eigenvalue weighted by Gasteiger charge is 2.25. The fraction of sp³-hybridized carbons (Fsp3) is 0.200. The number of halogens is 1. The van der Waals surface area contributed by atoms with E-state index in [0.717, 1.165) is 15.6 Å². The molecule has 0 aliphatic heterocycles. The number of hydrogen-bond donors (Lipinski definition) is 0. The van der Waals surface area contributed by atoms with Gasteiger partial charge in [0.2, 0.25) is 0 Å². The second-order valence-electron chi connectivity index (χ2n) is 5.97. The molecule has 0 spiro atoms. The average Bonchev–Trinajstić information content (AvgIpc) is 2.99. The van der Waals surface area contributed by atoms with Crippen LogP contribution < -0.4 is 0 Å². The molecule has 1 amide bonds. The predicted molar refractivity (Wildman–Crippen MR) is 105 cm³/mol. The number of thiophene rings is 1. The Labute approximate surface area is 160 Å². The molecule has 0 saturated heterocycles. The van der Waals surface area contributed by atoms with Crippen molar-refractivity contribution in [2.24, 2.45) is 0 Å². The Morgan fingerprint density at radius 3 is 2.46 bits per heavy atom. The first-order valence-electron chi connectivity index (χ1n) is 8.14. The van der Waals surface area contributed by atoms with Gasteiger partial charge in [-0.25, -0.2) is 4.79 Å². The third-order valence-corrected chi connectivity index (χ3v) is 5.65. The van der Waals surface area contributed by atoms with E-state index in [0.29, 0.717) is 16.4 Å². The van der Waals surface area contributed by atoms with Crippen LogP contribution >= 0.6 is 22.9 Å². The Morgan fingerprint density at radius 1 is 1.12 bits per heavy atom. The summed E-state index contributed by atoms with van der Waals surface area (Å²) in [6, 6.07) is 17.1. The Morgan fingerprint density at radius 2 is 1.77 bits per heavy atom. The quantitative estimate of drug-likeness (QED) is 0.593. The molecule has 1 heterocycles. The predicted octanol–water partition coefficient (Wildman–Crippen LogP) is 4.76. The molecule has 1 atom stereocenters. The molecule has 134 valence electrons. The van der Waals surface area contributed by atoms with Gasteiger partial charge in [0, 0.05) is 23.7 Å². The first-order chi connectivity index (χ1) is 12.5. The van der Waals surface area contributed by atoms with Crippen molar-refractivity contribution in [2.45, 2.75) is 19.6 Å². The first kappa shape index (κ1) is 18.4. The zero-order valence-corrected chi connectivity index (χ0v) is 16.0. The lowest BCUT2D eigenvalue weighted by Crippen LogP contribution is -2.37. The van der Waals surface area contributed by atoms with Gasteiger partial charge in [-0.15, -0.1) is 11.3 Å². The zero-order chi connectivity index (χ0) is 18.7. The number of rotatable bonds is 5. The third kappa shape index (κ3) is 3.89. The van der Waals surface area contributed by atoms with Gasteiger partial charge in [0.15, 0.2) is 6.10 Å². The molecule has 0 unspecified atom stereocenters. The molecule has 2 aromatic carbocycles. The highest BCUT2D eigenvalue weighted by Crippen LogP contribution is 2.35. The monoisotopic (exact) mass is 387 g/mol. The van der Waals surface area contributed by atoms with Gasteiger partial charge in [-0.2, -0.15) is 0 Å². The Bertz CT molecular complexity index is 939. The number of carbonyl (C=O) groups is 2. The fourth-order valence-electron chi connectivity index (χ4n) is 2.66. The van der Waals surface area contributed by atoms with Crippen LogP contribution in [0, 0.1) is 0 Å². The maximum Gasteiger partial charge on any atom is 0.350 e. The summed E-state index contributed by atoms with van der Waals surface area (Å²) < 4.78 is 6.27. The molecule has 6 heteroatoms. The summed E-state index contributed by atoms with van der Waals surface area (Å²) in [5.41, 5.74) is 1.01. The van der Waals surface area contributed by atoms with E-state index in [2.05, 4.69) is 0 Å². The second-order valence-corrected chi connectivity index (χ2v) is 7.40. The lowest BCUT2D eigenvalue weighted by atomic mass is 10.2. The smallest absolute Gasteiger partial charge is 0.350 e. The number of esters is 1. The highest BCUT2D eigenvalue weighted by molar-refractivity contribution is 7.21. The van der Waals surface area contributed by atoms with Crippen LogP contribution in [0.25, 0.3) is 10.1 Å². The molecule has 26 heavy (non-hydrogen) atoms. The van der Waals surface area contributed by atoms with E-state index in [4.69, 9.17) is 16.3 Å². The summed E-state index contributed by atoms with van der Waals surface area (Å²) >= 11 is 7.56. The summed E-state index contributed by atoms with van der Waals surface area (Å²) in [7, 11) is 1.69. The normalized spacial score (nSPS) is 12.0. The van der Waals surface area contributed by atoms with E-state index in [9.17, 15) is 9.59 Å². The fourth-order valence-corrected chi connectivity index (χ4v) is 4.05. The number of carbonyl (C=O) groups excluding carboxylic acids is 2. The van der Waals surface area contributed by atoms with Gasteiger partial charge in [0.05, 0.1) is 5.02 Å². The van der Waals surface area contributed by atoms with Gasteiger partial charge in [-0.3, -0.25) is 4.79 Å². The lowest BCUT2D eigenvalue weighted by Gasteiger charge is -2.21. The molecule has 0 radical (unpaired) electrons. The minimum Gasteiger partial charge on any atom is -0.448 e. The molecular weight excluding hydrogens is 370 g/mol. The van der Waals surface area contributed by atoms with Gasteiger partial charge >= 0.3 is 5.97 Å². The number of fused-ring (bicyclic) bond motifs is 1. The van der Waals surface area contributed by atoms with Crippen molar-refractivity contribution in [1.29, 1.82) is 0 Å². The molecule has 0 aliphatic carbocycles. The number of nitrogens with zero attached hydrogens (tertiary/aromatic N) is 1. The maximum absolute atomic E-state index is 12.5. The van der Waals surface area contributed by atoms with E-state index < -0.39 is 12.1 Å². The van der Waals surface area contributed by atoms with Crippen molar-refractivity contribution in [3.8, 4) is 0 Å². The molecule has 0 aliphatic rings. The lowest BCUT2D eigenvalue weighted by molar-refractivity contribution is -0.139. The summed E-state index contributed by atoms with van der Waals surface area (Å²) in [5, 5.41) is 1.18. The van der Waals surface area contributed by atoms with Gasteiger partial charge < -0.3 is 9.64 Å². The standard InChI is InChI=1S/C20H18ClNO3S/c1-13(19(23)22(2)12-14-8-4-3-5-9-14)25-20(24)18-17(21)15-10-6-7-11-16(15)26-18/h3-11,13H,12H2,1-2H3/t13-/m0/s1. The summed E-state index contributed by atoms with van der Waals surface area (Å²) in [6.45, 7) is 2.02.